The molecule has 5 rings (SSSR count). The van der Waals surface area contributed by atoms with Crippen LogP contribution in [-0.2, 0) is 27.0 Å². The monoisotopic (exact) mass is 615 g/mol. The maximum Gasteiger partial charge on any atom is 0.266 e. The van der Waals surface area contributed by atoms with E-state index >= 15 is 0 Å². The fourth-order valence-electron chi connectivity index (χ4n) is 5.92. The zero-order chi connectivity index (χ0) is 31.8. The minimum Gasteiger partial charge on any atom is -0.492 e. The van der Waals surface area contributed by atoms with Crippen LogP contribution in [0.5, 0.6) is 11.5 Å². The Morgan fingerprint density at radius 1 is 0.909 bits per heavy atom. The van der Waals surface area contributed by atoms with Gasteiger partial charge in [-0.25, -0.2) is 8.42 Å². The topological polar surface area (TPSA) is 119 Å². The average Bonchev–Trinajstić information content (AvgIpc) is 3.28. The molecule has 3 aromatic carbocycles. The fraction of sp³-hybridized carbons (Fsp3) is 0.294. The second-order valence-electron chi connectivity index (χ2n) is 11.0. The molecule has 10 heteroatoms. The van der Waals surface area contributed by atoms with Gasteiger partial charge in [-0.05, 0) is 87.6 Å². The molecule has 2 N–H and O–H groups in total. The summed E-state index contributed by atoms with van der Waals surface area (Å²) in [7, 11) is -3.96. The molecular formula is C34H37N3O6S. The summed E-state index contributed by atoms with van der Waals surface area (Å²) in [5.74, 6) is 0.0786. The molecular weight excluding hydrogens is 578 g/mol. The molecule has 5 aromatic rings. The molecule has 230 valence electrons. The molecule has 0 saturated heterocycles. The van der Waals surface area contributed by atoms with E-state index in [1.165, 1.54) is 4.57 Å². The van der Waals surface area contributed by atoms with E-state index in [1.54, 1.807) is 30.6 Å². The molecule has 0 aliphatic heterocycles. The molecule has 1 amide bonds. The van der Waals surface area contributed by atoms with Crippen LogP contribution in [-0.4, -0.2) is 37.1 Å². The van der Waals surface area contributed by atoms with Crippen LogP contribution in [0.4, 0.5) is 0 Å². The molecule has 0 aliphatic rings. The highest BCUT2D eigenvalue weighted by Gasteiger charge is 2.23. The van der Waals surface area contributed by atoms with Gasteiger partial charge in [0.1, 0.15) is 5.75 Å². The third-order valence-electron chi connectivity index (χ3n) is 7.66. The Morgan fingerprint density at radius 2 is 1.59 bits per heavy atom. The third kappa shape index (κ3) is 5.94. The fourth-order valence-corrected chi connectivity index (χ4v) is 7.03. The predicted molar refractivity (Wildman–Crippen MR) is 174 cm³/mol. The Balaban J connectivity index is 1.46. The summed E-state index contributed by atoms with van der Waals surface area (Å²) in [5, 5.41) is 1.77. The van der Waals surface area contributed by atoms with Gasteiger partial charge in [-0.15, -0.1) is 0 Å². The highest BCUT2D eigenvalue weighted by Crippen LogP contribution is 2.41. The van der Waals surface area contributed by atoms with Crippen molar-refractivity contribution < 1.29 is 22.7 Å². The van der Waals surface area contributed by atoms with Crippen LogP contribution in [0.15, 0.2) is 59.7 Å². The molecule has 0 aliphatic carbocycles. The first kappa shape index (κ1) is 30.9. The zero-order valence-corrected chi connectivity index (χ0v) is 26.6. The van der Waals surface area contributed by atoms with E-state index in [9.17, 15) is 18.0 Å². The number of aromatic nitrogens is 2. The summed E-state index contributed by atoms with van der Waals surface area (Å²) in [6, 6.07) is 12.8. The van der Waals surface area contributed by atoms with Crippen molar-refractivity contribution in [2.45, 2.75) is 53.7 Å². The summed E-state index contributed by atoms with van der Waals surface area (Å²) in [6.45, 7) is 12.2. The van der Waals surface area contributed by atoms with Crippen molar-refractivity contribution in [2.75, 3.05) is 13.2 Å². The lowest BCUT2D eigenvalue weighted by atomic mass is 9.97. The molecule has 0 atom stereocenters. The Bertz CT molecular complexity index is 2050. The number of nitrogens with one attached hydrogen (secondary N) is 2. The molecule has 9 nitrogen and oxygen atoms in total. The van der Waals surface area contributed by atoms with Gasteiger partial charge < -0.3 is 14.5 Å². The number of fused-ring (bicyclic) bond motifs is 2. The van der Waals surface area contributed by atoms with Crippen LogP contribution >= 0.6 is 0 Å². The number of carbonyl (C=O) groups excluding carboxylic acids is 1. The maximum absolute atomic E-state index is 13.9. The van der Waals surface area contributed by atoms with Gasteiger partial charge in [-0.3, -0.25) is 18.9 Å². The van der Waals surface area contributed by atoms with Crippen LogP contribution < -0.4 is 19.8 Å². The molecule has 0 radical (unpaired) electrons. The molecule has 0 unspecified atom stereocenters. The van der Waals surface area contributed by atoms with Crippen molar-refractivity contribution in [2.24, 2.45) is 0 Å². The minimum absolute atomic E-state index is 0.0250. The van der Waals surface area contributed by atoms with E-state index in [-0.39, 0.29) is 17.7 Å². The van der Waals surface area contributed by atoms with Gasteiger partial charge in [0.05, 0.1) is 47.4 Å². The van der Waals surface area contributed by atoms with E-state index in [1.807, 2.05) is 65.8 Å². The molecule has 0 spiro atoms. The molecule has 44 heavy (non-hydrogen) atoms. The number of sulfonamides is 1. The number of carbonyl (C=O) groups is 1. The number of hydrogen-bond acceptors (Lipinski definition) is 6. The van der Waals surface area contributed by atoms with Crippen molar-refractivity contribution in [3.05, 3.63) is 98.6 Å². The van der Waals surface area contributed by atoms with Crippen LogP contribution in [0.2, 0.25) is 0 Å². The molecule has 0 bridgehead atoms. The molecule has 0 saturated carbocycles. The first-order chi connectivity index (χ1) is 20.9. The number of pyridine rings is 1. The summed E-state index contributed by atoms with van der Waals surface area (Å²) in [5.41, 5.74) is 6.05. The number of aromatic amines is 1. The van der Waals surface area contributed by atoms with Gasteiger partial charge in [0, 0.05) is 17.8 Å². The first-order valence-electron chi connectivity index (χ1n) is 14.6. The summed E-state index contributed by atoms with van der Waals surface area (Å²) in [6.07, 6.45) is 3.51. The lowest BCUT2D eigenvalue weighted by molar-refractivity contribution is -0.118. The smallest absolute Gasteiger partial charge is 0.266 e. The van der Waals surface area contributed by atoms with Crippen LogP contribution in [0, 0.1) is 27.7 Å². The van der Waals surface area contributed by atoms with E-state index in [0.717, 1.165) is 33.2 Å². The molecule has 0 fully saturated rings. The number of amides is 1. The van der Waals surface area contributed by atoms with Gasteiger partial charge in [0.15, 0.2) is 5.75 Å². The van der Waals surface area contributed by atoms with Gasteiger partial charge in [0.2, 0.25) is 15.9 Å². The second-order valence-corrected chi connectivity index (χ2v) is 12.8. The van der Waals surface area contributed by atoms with Crippen LogP contribution in [0.1, 0.15) is 47.2 Å². The summed E-state index contributed by atoms with van der Waals surface area (Å²) >= 11 is 0. The van der Waals surface area contributed by atoms with Gasteiger partial charge in [-0.1, -0.05) is 29.8 Å². The first-order valence-corrected chi connectivity index (χ1v) is 16.2. The number of benzene rings is 3. The summed E-state index contributed by atoms with van der Waals surface area (Å²) in [4.78, 5) is 29.9. The van der Waals surface area contributed by atoms with Gasteiger partial charge >= 0.3 is 0 Å². The summed E-state index contributed by atoms with van der Waals surface area (Å²) < 4.78 is 41.7. The number of aryl methyl sites for hydroxylation is 4. The number of ether oxygens (including phenoxy) is 2. The quantitative estimate of drug-likeness (QED) is 0.208. The second kappa shape index (κ2) is 12.2. The highest BCUT2D eigenvalue weighted by molar-refractivity contribution is 7.89. The lowest BCUT2D eigenvalue weighted by Gasteiger charge is -2.13. The van der Waals surface area contributed by atoms with E-state index < -0.39 is 15.9 Å². The maximum atomic E-state index is 13.9. The number of H-pyrrole nitrogens is 1. The number of nitrogens with zero attached hydrogens (tertiary/aromatic N) is 1. The van der Waals surface area contributed by atoms with Crippen molar-refractivity contribution in [3.63, 3.8) is 0 Å². The Hall–Kier alpha value is -4.57. The van der Waals surface area contributed by atoms with E-state index in [4.69, 9.17) is 9.47 Å². The van der Waals surface area contributed by atoms with Crippen molar-refractivity contribution >= 4 is 37.6 Å². The predicted octanol–water partition coefficient (Wildman–Crippen LogP) is 5.69. The Morgan fingerprint density at radius 3 is 2.25 bits per heavy atom. The lowest BCUT2D eigenvalue weighted by Crippen LogP contribution is -2.33. The Kier molecular flexibility index (Phi) is 8.56. The average molecular weight is 616 g/mol. The molecule has 2 heterocycles. The minimum atomic E-state index is -3.96. The third-order valence-corrected chi connectivity index (χ3v) is 8.91. The van der Waals surface area contributed by atoms with Gasteiger partial charge in [-0.2, -0.15) is 0 Å². The normalized spacial score (nSPS) is 11.7. The SMILES string of the molecule is CCOc1c2cn(-c3ccc(CS(=O)(=O)NC(=O)Cc4c(C)cc(C)cc4C)cc3C)c(=O)c2c(OCC)c2ccc[nH]c12. The van der Waals surface area contributed by atoms with Crippen molar-refractivity contribution in [1.29, 1.82) is 0 Å². The number of hydrogen-bond donors (Lipinski definition) is 2. The largest absolute Gasteiger partial charge is 0.492 e. The highest BCUT2D eigenvalue weighted by atomic mass is 32.2. The standard InChI is InChI=1S/C34H37N3O6S/c1-7-42-32-25-10-9-13-35-31(25)33(43-8-2)27-18-37(34(39)30(27)32)28-12-11-24(16-23(28)6)19-44(40,41)36-29(38)17-26-21(4)14-20(3)15-22(26)5/h9-16,18,35H,7-8,17,19H2,1-6H3,(H,36,38). The van der Waals surface area contributed by atoms with Crippen molar-refractivity contribution in [1.82, 2.24) is 14.3 Å². The zero-order valence-electron chi connectivity index (χ0n) is 25.8. The van der Waals surface area contributed by atoms with Crippen LogP contribution in [0.25, 0.3) is 27.4 Å². The van der Waals surface area contributed by atoms with Crippen LogP contribution in [0.3, 0.4) is 0 Å². The molecule has 2 aromatic heterocycles. The van der Waals surface area contributed by atoms with Gasteiger partial charge in [0.25, 0.3) is 5.56 Å². The Labute approximate surface area is 256 Å². The number of rotatable bonds is 10. The van der Waals surface area contributed by atoms with E-state index in [2.05, 4.69) is 9.71 Å². The van der Waals surface area contributed by atoms with Crippen molar-refractivity contribution in [3.8, 4) is 17.2 Å². The van der Waals surface area contributed by atoms with E-state index in [0.29, 0.717) is 52.3 Å².